The molecule has 1 amide bonds. The molecular formula is C18H15FN4O2S. The normalized spacial score (nSPS) is 14.8. The summed E-state index contributed by atoms with van der Waals surface area (Å²) in [7, 11) is 0. The molecule has 0 aliphatic heterocycles. The van der Waals surface area contributed by atoms with E-state index < -0.39 is 17.4 Å². The fourth-order valence-electron chi connectivity index (χ4n) is 3.10. The molecule has 0 atom stereocenters. The van der Waals surface area contributed by atoms with E-state index in [1.165, 1.54) is 6.07 Å². The van der Waals surface area contributed by atoms with Crippen molar-refractivity contribution in [1.29, 1.82) is 0 Å². The minimum Gasteiger partial charge on any atom is -0.465 e. The van der Waals surface area contributed by atoms with E-state index >= 15 is 0 Å². The van der Waals surface area contributed by atoms with E-state index in [9.17, 15) is 9.18 Å². The molecule has 3 aromatic rings. The zero-order chi connectivity index (χ0) is 18.3. The summed E-state index contributed by atoms with van der Waals surface area (Å²) in [6.45, 7) is 0. The number of anilines is 1. The average molecular weight is 370 g/mol. The predicted octanol–water partition coefficient (Wildman–Crippen LogP) is 3.85. The van der Waals surface area contributed by atoms with Gasteiger partial charge >= 0.3 is 6.09 Å². The van der Waals surface area contributed by atoms with Crippen molar-refractivity contribution >= 4 is 23.2 Å². The van der Waals surface area contributed by atoms with Crippen molar-refractivity contribution in [3.63, 3.8) is 0 Å². The summed E-state index contributed by atoms with van der Waals surface area (Å²) in [6, 6.07) is 8.37. The molecule has 8 heteroatoms. The molecule has 2 heterocycles. The van der Waals surface area contributed by atoms with E-state index in [0.29, 0.717) is 29.7 Å². The van der Waals surface area contributed by atoms with Gasteiger partial charge in [-0.15, -0.1) is 10.2 Å². The Bertz CT molecular complexity index is 987. The average Bonchev–Trinajstić information content (AvgIpc) is 3.15. The third kappa shape index (κ3) is 2.88. The van der Waals surface area contributed by atoms with Gasteiger partial charge in [-0.3, -0.25) is 0 Å². The molecule has 0 unspecified atom stereocenters. The topological polar surface area (TPSA) is 101 Å². The Morgan fingerprint density at radius 2 is 2.04 bits per heavy atom. The van der Waals surface area contributed by atoms with Crippen molar-refractivity contribution < 1.29 is 14.3 Å². The summed E-state index contributed by atoms with van der Waals surface area (Å²) < 4.78 is 14.8. The number of carboxylic acid groups (broad SMARTS) is 1. The number of nitrogen functional groups attached to an aromatic ring is 1. The molecule has 1 aromatic carbocycles. The van der Waals surface area contributed by atoms with Crippen LogP contribution in [0.5, 0.6) is 0 Å². The number of halogens is 1. The quantitative estimate of drug-likeness (QED) is 0.647. The van der Waals surface area contributed by atoms with E-state index in [2.05, 4.69) is 15.5 Å². The van der Waals surface area contributed by atoms with Crippen LogP contribution >= 0.6 is 11.3 Å². The molecule has 26 heavy (non-hydrogen) atoms. The van der Waals surface area contributed by atoms with Crippen LogP contribution in [0.2, 0.25) is 0 Å². The number of aromatic nitrogens is 2. The molecule has 0 spiro atoms. The molecule has 1 aliphatic carbocycles. The van der Waals surface area contributed by atoms with Gasteiger partial charge in [0, 0.05) is 16.7 Å². The standard InChI is InChI=1S/C18H15FN4O2S/c19-14-7-10(1-2-13(14)18(4-5-18)21-17(24)25)16-12(8-15(20)22-23-16)11-3-6-26-9-11/h1-3,6-9,21H,4-5H2,(H2,20,22)(H,24,25). The van der Waals surface area contributed by atoms with Crippen LogP contribution in [0.25, 0.3) is 22.4 Å². The van der Waals surface area contributed by atoms with E-state index in [1.807, 2.05) is 16.8 Å². The Labute approximate surface area is 152 Å². The number of thiophene rings is 1. The van der Waals surface area contributed by atoms with Crippen LogP contribution in [-0.2, 0) is 5.54 Å². The van der Waals surface area contributed by atoms with E-state index in [-0.39, 0.29) is 5.82 Å². The Kier molecular flexibility index (Phi) is 3.84. The van der Waals surface area contributed by atoms with Crippen molar-refractivity contribution in [2.45, 2.75) is 18.4 Å². The predicted molar refractivity (Wildman–Crippen MR) is 97.2 cm³/mol. The summed E-state index contributed by atoms with van der Waals surface area (Å²) >= 11 is 1.54. The lowest BCUT2D eigenvalue weighted by Gasteiger charge is -2.17. The highest BCUT2D eigenvalue weighted by Crippen LogP contribution is 2.47. The molecule has 6 nitrogen and oxygen atoms in total. The van der Waals surface area contributed by atoms with Crippen molar-refractivity contribution in [2.75, 3.05) is 5.73 Å². The number of rotatable bonds is 4. The number of nitrogens with one attached hydrogen (secondary N) is 1. The van der Waals surface area contributed by atoms with E-state index in [1.54, 1.807) is 29.5 Å². The second kappa shape index (κ2) is 6.06. The van der Waals surface area contributed by atoms with Gasteiger partial charge in [0.15, 0.2) is 0 Å². The largest absolute Gasteiger partial charge is 0.465 e. The van der Waals surface area contributed by atoms with E-state index in [4.69, 9.17) is 10.8 Å². The highest BCUT2D eigenvalue weighted by atomic mass is 32.1. The fourth-order valence-corrected chi connectivity index (χ4v) is 3.76. The molecule has 4 rings (SSSR count). The Balaban J connectivity index is 1.77. The summed E-state index contributed by atoms with van der Waals surface area (Å²) in [5.41, 5.74) is 8.09. The molecule has 1 saturated carbocycles. The highest BCUT2D eigenvalue weighted by molar-refractivity contribution is 7.08. The Morgan fingerprint density at radius 1 is 1.23 bits per heavy atom. The Morgan fingerprint density at radius 3 is 2.65 bits per heavy atom. The summed E-state index contributed by atoms with van der Waals surface area (Å²) in [6.07, 6.45) is 0.00421. The van der Waals surface area contributed by atoms with Gasteiger partial charge in [0.1, 0.15) is 17.3 Å². The molecule has 132 valence electrons. The molecule has 0 bridgehead atoms. The summed E-state index contributed by atoms with van der Waals surface area (Å²) in [4.78, 5) is 11.0. The number of carbonyl (C=O) groups is 1. The van der Waals surface area contributed by atoms with Crippen LogP contribution in [0.15, 0.2) is 41.1 Å². The number of amides is 1. The van der Waals surface area contributed by atoms with Gasteiger partial charge in [0.25, 0.3) is 0 Å². The van der Waals surface area contributed by atoms with Crippen molar-refractivity contribution in [3.05, 3.63) is 52.5 Å². The van der Waals surface area contributed by atoms with Crippen LogP contribution in [0.1, 0.15) is 18.4 Å². The maximum Gasteiger partial charge on any atom is 0.405 e. The van der Waals surface area contributed by atoms with E-state index in [0.717, 1.165) is 11.1 Å². The monoisotopic (exact) mass is 370 g/mol. The van der Waals surface area contributed by atoms with Crippen molar-refractivity contribution in [2.24, 2.45) is 0 Å². The first-order valence-corrected chi connectivity index (χ1v) is 8.90. The zero-order valence-electron chi connectivity index (χ0n) is 13.6. The first-order valence-electron chi connectivity index (χ1n) is 7.96. The van der Waals surface area contributed by atoms with Crippen LogP contribution in [0, 0.1) is 5.82 Å². The number of nitrogens with zero attached hydrogens (tertiary/aromatic N) is 2. The van der Waals surface area contributed by atoms with Crippen molar-refractivity contribution in [1.82, 2.24) is 15.5 Å². The molecule has 0 saturated heterocycles. The Hall–Kier alpha value is -3.00. The number of nitrogens with two attached hydrogens (primary N) is 1. The minimum atomic E-state index is -1.16. The SMILES string of the molecule is Nc1cc(-c2ccsc2)c(-c2ccc(C3(NC(=O)O)CC3)c(F)c2)nn1. The summed E-state index contributed by atoms with van der Waals surface area (Å²) in [5, 5.41) is 23.3. The lowest BCUT2D eigenvalue weighted by molar-refractivity contribution is 0.188. The van der Waals surface area contributed by atoms with Crippen LogP contribution in [0.3, 0.4) is 0 Å². The highest BCUT2D eigenvalue weighted by Gasteiger charge is 2.47. The fraction of sp³-hybridized carbons (Fsp3) is 0.167. The van der Waals surface area contributed by atoms with Gasteiger partial charge in [0.2, 0.25) is 0 Å². The number of hydrogen-bond donors (Lipinski definition) is 3. The lowest BCUT2D eigenvalue weighted by Crippen LogP contribution is -2.34. The van der Waals surface area contributed by atoms with Crippen LogP contribution in [-0.4, -0.2) is 21.4 Å². The molecule has 1 fully saturated rings. The molecule has 4 N–H and O–H groups in total. The van der Waals surface area contributed by atoms with Gasteiger partial charge in [-0.2, -0.15) is 11.3 Å². The number of hydrogen-bond acceptors (Lipinski definition) is 5. The maximum absolute atomic E-state index is 14.8. The number of benzene rings is 1. The molecule has 2 aromatic heterocycles. The summed E-state index contributed by atoms with van der Waals surface area (Å²) in [5.74, 6) is -0.182. The van der Waals surface area contributed by atoms with Gasteiger partial charge in [-0.1, -0.05) is 12.1 Å². The van der Waals surface area contributed by atoms with Crippen molar-refractivity contribution in [3.8, 4) is 22.4 Å². The van der Waals surface area contributed by atoms with Gasteiger partial charge in [0.05, 0.1) is 5.54 Å². The van der Waals surface area contributed by atoms with Gasteiger partial charge in [-0.25, -0.2) is 9.18 Å². The second-order valence-corrected chi connectivity index (χ2v) is 7.03. The minimum absolute atomic E-state index is 0.287. The third-order valence-electron chi connectivity index (χ3n) is 4.50. The lowest BCUT2D eigenvalue weighted by atomic mass is 9.97. The maximum atomic E-state index is 14.8. The molecule has 1 aliphatic rings. The zero-order valence-corrected chi connectivity index (χ0v) is 14.4. The first-order chi connectivity index (χ1) is 12.5. The smallest absolute Gasteiger partial charge is 0.405 e. The molecular weight excluding hydrogens is 355 g/mol. The third-order valence-corrected chi connectivity index (χ3v) is 5.18. The van der Waals surface area contributed by atoms with Crippen LogP contribution in [0.4, 0.5) is 15.0 Å². The molecule has 0 radical (unpaired) electrons. The van der Waals surface area contributed by atoms with Gasteiger partial charge in [-0.05, 0) is 47.4 Å². The second-order valence-electron chi connectivity index (χ2n) is 6.25. The van der Waals surface area contributed by atoms with Gasteiger partial charge < -0.3 is 16.2 Å². The first kappa shape index (κ1) is 16.5. The van der Waals surface area contributed by atoms with Crippen LogP contribution < -0.4 is 11.1 Å².